The minimum atomic E-state index is -0.311. The van der Waals surface area contributed by atoms with Gasteiger partial charge < -0.3 is 10.2 Å². The first kappa shape index (κ1) is 21.2. The summed E-state index contributed by atoms with van der Waals surface area (Å²) in [5, 5.41) is 3.46. The van der Waals surface area contributed by atoms with Crippen LogP contribution in [0.25, 0.3) is 11.3 Å². The van der Waals surface area contributed by atoms with Crippen LogP contribution in [-0.4, -0.2) is 48.5 Å². The molecule has 2 heterocycles. The SMILES string of the molecule is C[C@H]1CN(Cc2ccc(N(C)C(=O)c3ccc(-c4cccc(F)c4)nc3)cc2)CCN1. The maximum absolute atomic E-state index is 13.4. The number of hydrogen-bond acceptors (Lipinski definition) is 4. The van der Waals surface area contributed by atoms with Crippen molar-refractivity contribution in [1.82, 2.24) is 15.2 Å². The number of halogens is 1. The van der Waals surface area contributed by atoms with E-state index in [4.69, 9.17) is 0 Å². The molecular weight excluding hydrogens is 391 g/mol. The van der Waals surface area contributed by atoms with Gasteiger partial charge in [0.25, 0.3) is 5.91 Å². The van der Waals surface area contributed by atoms with Gasteiger partial charge in [-0.1, -0.05) is 24.3 Å². The van der Waals surface area contributed by atoms with Gasteiger partial charge in [-0.15, -0.1) is 0 Å². The number of nitrogens with one attached hydrogen (secondary N) is 1. The Bertz CT molecular complexity index is 1040. The van der Waals surface area contributed by atoms with E-state index >= 15 is 0 Å². The van der Waals surface area contributed by atoms with Crippen LogP contribution in [0, 0.1) is 5.82 Å². The zero-order valence-electron chi connectivity index (χ0n) is 17.9. The Kier molecular flexibility index (Phi) is 6.39. The molecule has 0 aliphatic carbocycles. The van der Waals surface area contributed by atoms with E-state index < -0.39 is 0 Å². The van der Waals surface area contributed by atoms with Crippen LogP contribution in [-0.2, 0) is 6.54 Å². The Balaban J connectivity index is 1.41. The Hall–Kier alpha value is -3.09. The molecule has 0 saturated carbocycles. The van der Waals surface area contributed by atoms with E-state index in [-0.39, 0.29) is 11.7 Å². The summed E-state index contributed by atoms with van der Waals surface area (Å²) < 4.78 is 13.4. The van der Waals surface area contributed by atoms with Crippen molar-refractivity contribution in [3.05, 3.63) is 83.8 Å². The molecule has 0 radical (unpaired) electrons. The van der Waals surface area contributed by atoms with Gasteiger partial charge in [-0.3, -0.25) is 14.7 Å². The number of pyridine rings is 1. The van der Waals surface area contributed by atoms with Crippen LogP contribution in [0.1, 0.15) is 22.8 Å². The van der Waals surface area contributed by atoms with E-state index in [1.54, 1.807) is 42.4 Å². The van der Waals surface area contributed by atoms with Crippen molar-refractivity contribution in [3.8, 4) is 11.3 Å². The first-order valence-electron chi connectivity index (χ1n) is 10.5. The number of hydrogen-bond donors (Lipinski definition) is 1. The van der Waals surface area contributed by atoms with E-state index in [2.05, 4.69) is 34.3 Å². The summed E-state index contributed by atoms with van der Waals surface area (Å²) in [7, 11) is 1.76. The molecule has 3 aromatic rings. The number of anilines is 1. The second-order valence-corrected chi connectivity index (χ2v) is 8.06. The molecule has 0 spiro atoms. The quantitative estimate of drug-likeness (QED) is 0.682. The summed E-state index contributed by atoms with van der Waals surface area (Å²) in [6.45, 7) is 6.22. The molecule has 1 aromatic heterocycles. The number of carbonyl (C=O) groups excluding carboxylic acids is 1. The third-order valence-electron chi connectivity index (χ3n) is 5.62. The van der Waals surface area contributed by atoms with Crippen LogP contribution < -0.4 is 10.2 Å². The van der Waals surface area contributed by atoms with Crippen LogP contribution in [0.2, 0.25) is 0 Å². The predicted octanol–water partition coefficient (Wildman–Crippen LogP) is 3.96. The first-order valence-corrected chi connectivity index (χ1v) is 10.5. The van der Waals surface area contributed by atoms with Gasteiger partial charge >= 0.3 is 0 Å². The second kappa shape index (κ2) is 9.37. The smallest absolute Gasteiger partial charge is 0.259 e. The Morgan fingerprint density at radius 1 is 1.19 bits per heavy atom. The molecule has 160 valence electrons. The van der Waals surface area contributed by atoms with Crippen LogP contribution in [0.3, 0.4) is 0 Å². The molecule has 1 N–H and O–H groups in total. The average Bonchev–Trinajstić information content (AvgIpc) is 2.79. The summed E-state index contributed by atoms with van der Waals surface area (Å²) in [4.78, 5) is 21.3. The first-order chi connectivity index (χ1) is 15.0. The van der Waals surface area contributed by atoms with E-state index in [1.807, 2.05) is 12.1 Å². The zero-order chi connectivity index (χ0) is 21.8. The van der Waals surface area contributed by atoms with E-state index in [0.717, 1.165) is 31.9 Å². The van der Waals surface area contributed by atoms with Crippen molar-refractivity contribution in [2.24, 2.45) is 0 Å². The minimum Gasteiger partial charge on any atom is -0.312 e. The number of piperazine rings is 1. The highest BCUT2D eigenvalue weighted by atomic mass is 19.1. The number of aromatic nitrogens is 1. The van der Waals surface area contributed by atoms with Crippen LogP contribution in [0.15, 0.2) is 66.9 Å². The Morgan fingerprint density at radius 2 is 2.00 bits per heavy atom. The number of carbonyl (C=O) groups is 1. The van der Waals surface area contributed by atoms with Gasteiger partial charge in [0.1, 0.15) is 5.82 Å². The van der Waals surface area contributed by atoms with Gasteiger partial charge in [0.15, 0.2) is 0 Å². The van der Waals surface area contributed by atoms with Crippen molar-refractivity contribution in [1.29, 1.82) is 0 Å². The fraction of sp³-hybridized carbons (Fsp3) is 0.280. The topological polar surface area (TPSA) is 48.5 Å². The van der Waals surface area contributed by atoms with Crippen molar-refractivity contribution in [2.45, 2.75) is 19.5 Å². The molecule has 2 aromatic carbocycles. The molecule has 6 heteroatoms. The summed E-state index contributed by atoms with van der Waals surface area (Å²) in [5.74, 6) is -0.448. The number of benzene rings is 2. The van der Waals surface area contributed by atoms with E-state index in [9.17, 15) is 9.18 Å². The summed E-state index contributed by atoms with van der Waals surface area (Å²) in [6, 6.07) is 18.4. The van der Waals surface area contributed by atoms with Crippen LogP contribution >= 0.6 is 0 Å². The lowest BCUT2D eigenvalue weighted by Gasteiger charge is -2.31. The maximum Gasteiger partial charge on any atom is 0.259 e. The molecule has 31 heavy (non-hydrogen) atoms. The maximum atomic E-state index is 13.4. The number of amides is 1. The molecule has 1 aliphatic rings. The lowest BCUT2D eigenvalue weighted by Crippen LogP contribution is -2.48. The normalized spacial score (nSPS) is 16.8. The van der Waals surface area contributed by atoms with Gasteiger partial charge in [0.05, 0.1) is 11.3 Å². The molecule has 5 nitrogen and oxygen atoms in total. The van der Waals surface area contributed by atoms with Gasteiger partial charge in [-0.2, -0.15) is 0 Å². The third kappa shape index (κ3) is 5.16. The Labute approximate surface area is 182 Å². The van der Waals surface area contributed by atoms with Crippen LogP contribution in [0.4, 0.5) is 10.1 Å². The van der Waals surface area contributed by atoms with Crippen molar-refractivity contribution >= 4 is 11.6 Å². The highest BCUT2D eigenvalue weighted by Gasteiger charge is 2.17. The molecule has 1 aliphatic heterocycles. The molecule has 1 amide bonds. The average molecular weight is 419 g/mol. The van der Waals surface area contributed by atoms with E-state index in [1.165, 1.54) is 17.7 Å². The van der Waals surface area contributed by atoms with Crippen LogP contribution in [0.5, 0.6) is 0 Å². The molecule has 4 rings (SSSR count). The minimum absolute atomic E-state index is 0.137. The summed E-state index contributed by atoms with van der Waals surface area (Å²) in [5.41, 5.74) is 3.87. The fourth-order valence-corrected chi connectivity index (χ4v) is 3.89. The standard InChI is InChI=1S/C25H27FN4O/c1-18-16-30(13-12-27-18)17-19-6-9-23(10-7-19)29(2)25(31)21-8-11-24(28-15-21)20-4-3-5-22(26)14-20/h3-11,14-15,18,27H,12-13,16-17H2,1-2H3/t18-/m0/s1. The van der Waals surface area contributed by atoms with Gasteiger partial charge in [0.2, 0.25) is 0 Å². The summed E-state index contributed by atoms with van der Waals surface area (Å²) >= 11 is 0. The molecule has 1 saturated heterocycles. The number of nitrogens with zero attached hydrogens (tertiary/aromatic N) is 3. The third-order valence-corrected chi connectivity index (χ3v) is 5.62. The molecular formula is C25H27FN4O. The molecule has 0 bridgehead atoms. The monoisotopic (exact) mass is 418 g/mol. The summed E-state index contributed by atoms with van der Waals surface area (Å²) in [6.07, 6.45) is 1.54. The predicted molar refractivity (Wildman–Crippen MR) is 122 cm³/mol. The lowest BCUT2D eigenvalue weighted by molar-refractivity contribution is 0.0992. The van der Waals surface area contributed by atoms with Gasteiger partial charge in [0, 0.05) is 56.7 Å². The molecule has 0 unspecified atom stereocenters. The number of rotatable bonds is 5. The lowest BCUT2D eigenvalue weighted by atomic mass is 10.1. The molecule has 1 atom stereocenters. The Morgan fingerprint density at radius 3 is 2.68 bits per heavy atom. The van der Waals surface area contributed by atoms with Crippen molar-refractivity contribution in [3.63, 3.8) is 0 Å². The molecule has 1 fully saturated rings. The van der Waals surface area contributed by atoms with Crippen molar-refractivity contribution in [2.75, 3.05) is 31.6 Å². The van der Waals surface area contributed by atoms with Gasteiger partial charge in [-0.05, 0) is 48.9 Å². The fourth-order valence-electron chi connectivity index (χ4n) is 3.89. The largest absolute Gasteiger partial charge is 0.312 e. The van der Waals surface area contributed by atoms with Crippen molar-refractivity contribution < 1.29 is 9.18 Å². The van der Waals surface area contributed by atoms with Gasteiger partial charge in [-0.25, -0.2) is 4.39 Å². The zero-order valence-corrected chi connectivity index (χ0v) is 17.9. The van der Waals surface area contributed by atoms with E-state index in [0.29, 0.717) is 22.9 Å². The highest BCUT2D eigenvalue weighted by Crippen LogP contribution is 2.21. The highest BCUT2D eigenvalue weighted by molar-refractivity contribution is 6.05. The second-order valence-electron chi connectivity index (χ2n) is 8.06.